The molecule has 1 aromatic carbocycles. The van der Waals surface area contributed by atoms with Gasteiger partial charge in [0.2, 0.25) is 0 Å². The molecule has 0 heterocycles. The summed E-state index contributed by atoms with van der Waals surface area (Å²) in [6.07, 6.45) is 6.65. The summed E-state index contributed by atoms with van der Waals surface area (Å²) < 4.78 is 0. The SMILES string of the molecule is CCC1CCCC(C(=O)Cc2ccc(C)c(C)c2)C1. The van der Waals surface area contributed by atoms with Gasteiger partial charge in [0.15, 0.2) is 0 Å². The Morgan fingerprint density at radius 2 is 2.00 bits per heavy atom. The molecule has 1 aliphatic carbocycles. The molecule has 1 nitrogen and oxygen atoms in total. The van der Waals surface area contributed by atoms with Crippen LogP contribution in [0.25, 0.3) is 0 Å². The smallest absolute Gasteiger partial charge is 0.140 e. The van der Waals surface area contributed by atoms with E-state index in [0.29, 0.717) is 18.1 Å². The minimum absolute atomic E-state index is 0.320. The summed E-state index contributed by atoms with van der Waals surface area (Å²) in [4.78, 5) is 12.4. The zero-order valence-corrected chi connectivity index (χ0v) is 12.5. The third kappa shape index (κ3) is 3.68. The number of carbonyl (C=O) groups excluding carboxylic acids is 1. The van der Waals surface area contributed by atoms with Crippen LogP contribution in [0.1, 0.15) is 55.7 Å². The summed E-state index contributed by atoms with van der Waals surface area (Å²) in [7, 11) is 0. The van der Waals surface area contributed by atoms with Crippen molar-refractivity contribution in [1.82, 2.24) is 0 Å². The molecule has 0 spiro atoms. The fourth-order valence-corrected chi connectivity index (χ4v) is 3.21. The van der Waals surface area contributed by atoms with Crippen molar-refractivity contribution >= 4 is 5.78 Å². The lowest BCUT2D eigenvalue weighted by Gasteiger charge is -2.27. The molecular weight excluding hydrogens is 232 g/mol. The molecule has 2 unspecified atom stereocenters. The van der Waals surface area contributed by atoms with E-state index in [9.17, 15) is 4.79 Å². The minimum atomic E-state index is 0.320. The molecular formula is C18H26O. The Kier molecular flexibility index (Phi) is 4.79. The zero-order chi connectivity index (χ0) is 13.8. The van der Waals surface area contributed by atoms with Crippen LogP contribution in [0.3, 0.4) is 0 Å². The van der Waals surface area contributed by atoms with Crippen molar-refractivity contribution in [1.29, 1.82) is 0 Å². The van der Waals surface area contributed by atoms with Gasteiger partial charge in [0.25, 0.3) is 0 Å². The van der Waals surface area contributed by atoms with Crippen LogP contribution in [0.4, 0.5) is 0 Å². The lowest BCUT2D eigenvalue weighted by molar-refractivity contribution is -0.123. The first-order valence-electron chi connectivity index (χ1n) is 7.69. The Labute approximate surface area is 117 Å². The number of Topliss-reactive ketones (excluding diaryl/α,β-unsaturated/α-hetero) is 1. The summed E-state index contributed by atoms with van der Waals surface area (Å²) in [5, 5.41) is 0. The summed E-state index contributed by atoms with van der Waals surface area (Å²) >= 11 is 0. The number of hydrogen-bond acceptors (Lipinski definition) is 1. The molecule has 1 aromatic rings. The third-order valence-electron chi connectivity index (χ3n) is 4.77. The van der Waals surface area contributed by atoms with E-state index in [1.165, 1.54) is 36.0 Å². The van der Waals surface area contributed by atoms with Crippen molar-refractivity contribution in [2.75, 3.05) is 0 Å². The number of benzene rings is 1. The maximum atomic E-state index is 12.4. The normalized spacial score (nSPS) is 23.3. The summed E-state index contributed by atoms with van der Waals surface area (Å²) in [6.45, 7) is 6.49. The average Bonchev–Trinajstić information content (AvgIpc) is 2.43. The molecule has 2 atom stereocenters. The first-order chi connectivity index (χ1) is 9.10. The second-order valence-corrected chi connectivity index (χ2v) is 6.20. The lowest BCUT2D eigenvalue weighted by Crippen LogP contribution is -2.24. The van der Waals surface area contributed by atoms with Gasteiger partial charge >= 0.3 is 0 Å². The molecule has 1 heteroatoms. The van der Waals surface area contributed by atoms with Crippen molar-refractivity contribution in [2.45, 2.75) is 59.3 Å². The van der Waals surface area contributed by atoms with Crippen molar-refractivity contribution in [3.05, 3.63) is 34.9 Å². The Balaban J connectivity index is 1.98. The highest BCUT2D eigenvalue weighted by atomic mass is 16.1. The molecule has 0 bridgehead atoms. The van der Waals surface area contributed by atoms with E-state index < -0.39 is 0 Å². The van der Waals surface area contributed by atoms with Crippen LogP contribution in [-0.4, -0.2) is 5.78 Å². The molecule has 2 rings (SSSR count). The van der Waals surface area contributed by atoms with Crippen molar-refractivity contribution in [2.24, 2.45) is 11.8 Å². The Bertz CT molecular complexity index is 447. The van der Waals surface area contributed by atoms with Gasteiger partial charge in [0.05, 0.1) is 0 Å². The first-order valence-corrected chi connectivity index (χ1v) is 7.69. The van der Waals surface area contributed by atoms with Crippen LogP contribution in [0.15, 0.2) is 18.2 Å². The van der Waals surface area contributed by atoms with Gasteiger partial charge in [-0.15, -0.1) is 0 Å². The fourth-order valence-electron chi connectivity index (χ4n) is 3.21. The number of carbonyl (C=O) groups is 1. The van der Waals surface area contributed by atoms with Crippen molar-refractivity contribution in [3.63, 3.8) is 0 Å². The van der Waals surface area contributed by atoms with Crippen LogP contribution in [0.2, 0.25) is 0 Å². The van der Waals surface area contributed by atoms with E-state index in [0.717, 1.165) is 18.8 Å². The van der Waals surface area contributed by atoms with Gasteiger partial charge in [-0.25, -0.2) is 0 Å². The first kappa shape index (κ1) is 14.3. The number of aryl methyl sites for hydroxylation is 2. The number of ketones is 1. The molecule has 1 aliphatic rings. The predicted octanol–water partition coefficient (Wildman–Crippen LogP) is 4.63. The highest BCUT2D eigenvalue weighted by Crippen LogP contribution is 2.32. The van der Waals surface area contributed by atoms with Gasteiger partial charge < -0.3 is 0 Å². The van der Waals surface area contributed by atoms with E-state index >= 15 is 0 Å². The van der Waals surface area contributed by atoms with Crippen LogP contribution < -0.4 is 0 Å². The Morgan fingerprint density at radius 3 is 2.68 bits per heavy atom. The van der Waals surface area contributed by atoms with Crippen LogP contribution in [0.5, 0.6) is 0 Å². The molecule has 0 amide bonds. The monoisotopic (exact) mass is 258 g/mol. The summed E-state index contributed by atoms with van der Waals surface area (Å²) in [5.41, 5.74) is 3.78. The van der Waals surface area contributed by atoms with Gasteiger partial charge in [0.1, 0.15) is 5.78 Å². The summed E-state index contributed by atoms with van der Waals surface area (Å²) in [6, 6.07) is 6.42. The molecule has 0 aromatic heterocycles. The predicted molar refractivity (Wildman–Crippen MR) is 80.4 cm³/mol. The van der Waals surface area contributed by atoms with Crippen LogP contribution >= 0.6 is 0 Å². The second kappa shape index (κ2) is 6.36. The largest absolute Gasteiger partial charge is 0.299 e. The highest BCUT2D eigenvalue weighted by molar-refractivity contribution is 5.83. The van der Waals surface area contributed by atoms with Crippen molar-refractivity contribution in [3.8, 4) is 0 Å². The molecule has 0 radical (unpaired) electrons. The van der Waals surface area contributed by atoms with E-state index in [-0.39, 0.29) is 0 Å². The zero-order valence-electron chi connectivity index (χ0n) is 12.5. The number of rotatable bonds is 4. The second-order valence-electron chi connectivity index (χ2n) is 6.20. The van der Waals surface area contributed by atoms with Gasteiger partial charge in [-0.2, -0.15) is 0 Å². The topological polar surface area (TPSA) is 17.1 Å². The molecule has 0 saturated heterocycles. The Morgan fingerprint density at radius 1 is 1.21 bits per heavy atom. The molecule has 1 fully saturated rings. The standard InChI is InChI=1S/C18H26O/c1-4-15-6-5-7-17(11-15)18(19)12-16-9-8-13(2)14(3)10-16/h8-10,15,17H,4-7,11-12H2,1-3H3. The molecule has 0 aliphatic heterocycles. The van der Waals surface area contributed by atoms with E-state index in [2.05, 4.69) is 39.0 Å². The van der Waals surface area contributed by atoms with Gasteiger partial charge in [0, 0.05) is 12.3 Å². The molecule has 0 N–H and O–H groups in total. The lowest BCUT2D eigenvalue weighted by atomic mass is 9.77. The Hall–Kier alpha value is -1.11. The van der Waals surface area contributed by atoms with E-state index in [4.69, 9.17) is 0 Å². The molecule has 104 valence electrons. The highest BCUT2D eigenvalue weighted by Gasteiger charge is 2.26. The minimum Gasteiger partial charge on any atom is -0.299 e. The van der Waals surface area contributed by atoms with E-state index in [1.54, 1.807) is 0 Å². The maximum Gasteiger partial charge on any atom is 0.140 e. The average molecular weight is 258 g/mol. The van der Waals surface area contributed by atoms with Gasteiger partial charge in [-0.3, -0.25) is 4.79 Å². The third-order valence-corrected chi connectivity index (χ3v) is 4.77. The maximum absolute atomic E-state index is 12.4. The fraction of sp³-hybridized carbons (Fsp3) is 0.611. The molecule has 1 saturated carbocycles. The summed E-state index contributed by atoms with van der Waals surface area (Å²) in [5.74, 6) is 1.56. The van der Waals surface area contributed by atoms with Crippen LogP contribution in [0, 0.1) is 25.7 Å². The van der Waals surface area contributed by atoms with Crippen molar-refractivity contribution < 1.29 is 4.79 Å². The number of hydrogen-bond donors (Lipinski definition) is 0. The van der Waals surface area contributed by atoms with Crippen LogP contribution in [-0.2, 0) is 11.2 Å². The molecule has 19 heavy (non-hydrogen) atoms. The van der Waals surface area contributed by atoms with Gasteiger partial charge in [-0.1, -0.05) is 44.4 Å². The van der Waals surface area contributed by atoms with E-state index in [1.807, 2.05) is 0 Å². The quantitative estimate of drug-likeness (QED) is 0.769. The van der Waals surface area contributed by atoms with Gasteiger partial charge in [-0.05, 0) is 49.3 Å².